The van der Waals surface area contributed by atoms with E-state index < -0.39 is 30.5 Å². The number of nitroso groups, excluding NO2 is 1. The molecule has 0 spiro atoms. The van der Waals surface area contributed by atoms with E-state index in [4.69, 9.17) is 0 Å². The number of urea groups is 1. The molecule has 0 aromatic heterocycles. The number of amides is 4. The molecule has 0 saturated heterocycles. The van der Waals surface area contributed by atoms with E-state index >= 15 is 0 Å². The zero-order valence-corrected chi connectivity index (χ0v) is 20.9. The van der Waals surface area contributed by atoms with Crippen LogP contribution in [0.4, 0.5) is 21.9 Å². The predicted molar refractivity (Wildman–Crippen MR) is 143 cm³/mol. The summed E-state index contributed by atoms with van der Waals surface area (Å²) in [5, 5.41) is 7.79. The van der Waals surface area contributed by atoms with Crippen LogP contribution in [0.5, 0.6) is 0 Å². The summed E-state index contributed by atoms with van der Waals surface area (Å²) in [5.41, 5.74) is 1.68. The number of nitrogens with one attached hydrogen (secondary N) is 2. The molecule has 2 N–H and O–H groups in total. The fourth-order valence-electron chi connectivity index (χ4n) is 3.53. The molecule has 0 aliphatic rings. The predicted octanol–water partition coefficient (Wildman–Crippen LogP) is 3.48. The summed E-state index contributed by atoms with van der Waals surface area (Å²) in [5.74, 6) is -1.66. The lowest BCUT2D eigenvalue weighted by Gasteiger charge is -2.25. The first kappa shape index (κ1) is 27.5. The molecular formula is C27H27N5O6. The zero-order chi connectivity index (χ0) is 27.5. The molecule has 0 fully saturated rings. The lowest BCUT2D eigenvalue weighted by Crippen LogP contribution is -2.46. The normalized spacial score (nSPS) is 11.0. The average Bonchev–Trinajstić information content (AvgIpc) is 2.95. The molecule has 196 valence electrons. The average molecular weight is 518 g/mol. The molecule has 3 aromatic carbocycles. The summed E-state index contributed by atoms with van der Waals surface area (Å²) in [6, 6.07) is 21.6. The van der Waals surface area contributed by atoms with E-state index in [-0.39, 0.29) is 23.7 Å². The van der Waals surface area contributed by atoms with Crippen molar-refractivity contribution in [1.82, 2.24) is 5.32 Å². The minimum Gasteiger partial charge on any atom is -0.467 e. The quantitative estimate of drug-likeness (QED) is 0.312. The molecule has 0 aliphatic carbocycles. The van der Waals surface area contributed by atoms with Crippen molar-refractivity contribution >= 4 is 40.9 Å². The Bertz CT molecular complexity index is 1290. The topological polar surface area (TPSA) is 137 Å². The highest BCUT2D eigenvalue weighted by Crippen LogP contribution is 2.22. The SMILES string of the molecule is COC(=O)C(N=O)c1cccc(NC(=O)NCC(=O)N(CC(=O)N(C)c2ccccc2)c2ccccc2)c1. The highest BCUT2D eigenvalue weighted by molar-refractivity contribution is 6.05. The number of likely N-dealkylation sites (N-methyl/N-ethyl adjacent to an activating group) is 1. The summed E-state index contributed by atoms with van der Waals surface area (Å²) >= 11 is 0. The van der Waals surface area contributed by atoms with E-state index in [2.05, 4.69) is 20.5 Å². The van der Waals surface area contributed by atoms with Gasteiger partial charge in [-0.25, -0.2) is 9.59 Å². The number of carbonyl (C=O) groups excluding carboxylic acids is 4. The Hall–Kier alpha value is -5.06. The maximum Gasteiger partial charge on any atom is 0.338 e. The van der Waals surface area contributed by atoms with Crippen molar-refractivity contribution in [3.05, 3.63) is 95.4 Å². The molecule has 4 amide bonds. The van der Waals surface area contributed by atoms with Gasteiger partial charge in [0.15, 0.2) is 0 Å². The van der Waals surface area contributed by atoms with Crippen LogP contribution in [0.25, 0.3) is 0 Å². The van der Waals surface area contributed by atoms with E-state index in [0.29, 0.717) is 11.4 Å². The van der Waals surface area contributed by atoms with Gasteiger partial charge in [-0.1, -0.05) is 48.5 Å². The van der Waals surface area contributed by atoms with Gasteiger partial charge in [0.05, 0.1) is 13.7 Å². The standard InChI is InChI=1S/C27H27N5O6/c1-31(21-12-5-3-6-13-21)24(34)18-32(22-14-7-4-8-15-22)23(33)17-28-27(36)29-20-11-9-10-19(16-20)25(30-37)26(35)38-2/h3-16,25H,17-18H2,1-2H3,(H2,28,29,36). The zero-order valence-electron chi connectivity index (χ0n) is 20.9. The highest BCUT2D eigenvalue weighted by atomic mass is 16.5. The minimum absolute atomic E-state index is 0.233. The smallest absolute Gasteiger partial charge is 0.338 e. The second-order valence-corrected chi connectivity index (χ2v) is 8.07. The minimum atomic E-state index is -1.38. The highest BCUT2D eigenvalue weighted by Gasteiger charge is 2.24. The van der Waals surface area contributed by atoms with Crippen molar-refractivity contribution in [2.45, 2.75) is 6.04 Å². The van der Waals surface area contributed by atoms with Crippen molar-refractivity contribution in [3.8, 4) is 0 Å². The summed E-state index contributed by atoms with van der Waals surface area (Å²) in [7, 11) is 2.76. The largest absolute Gasteiger partial charge is 0.467 e. The van der Waals surface area contributed by atoms with Crippen LogP contribution in [-0.4, -0.2) is 51.1 Å². The van der Waals surface area contributed by atoms with Crippen LogP contribution in [0.2, 0.25) is 0 Å². The van der Waals surface area contributed by atoms with E-state index in [0.717, 1.165) is 7.11 Å². The number of hydrogen-bond donors (Lipinski definition) is 2. The molecule has 11 heteroatoms. The van der Waals surface area contributed by atoms with Crippen LogP contribution in [-0.2, 0) is 19.1 Å². The molecule has 38 heavy (non-hydrogen) atoms. The van der Waals surface area contributed by atoms with Crippen molar-refractivity contribution in [2.24, 2.45) is 5.18 Å². The summed E-state index contributed by atoms with van der Waals surface area (Å²) in [6.07, 6.45) is 0. The molecule has 0 heterocycles. The number of methoxy groups -OCH3 is 1. The molecule has 0 saturated carbocycles. The third-order valence-electron chi connectivity index (χ3n) is 5.57. The van der Waals surface area contributed by atoms with Crippen molar-refractivity contribution in [3.63, 3.8) is 0 Å². The number of carbonyl (C=O) groups is 4. The van der Waals surface area contributed by atoms with Crippen LogP contribution >= 0.6 is 0 Å². The molecule has 0 radical (unpaired) electrons. The molecule has 3 aromatic rings. The lowest BCUT2D eigenvalue weighted by molar-refractivity contribution is -0.142. The first-order valence-electron chi connectivity index (χ1n) is 11.6. The van der Waals surface area contributed by atoms with Gasteiger partial charge in [-0.2, -0.15) is 0 Å². The summed E-state index contributed by atoms with van der Waals surface area (Å²) < 4.78 is 4.57. The maximum atomic E-state index is 13.1. The van der Waals surface area contributed by atoms with Crippen LogP contribution in [0.15, 0.2) is 90.1 Å². The number of hydrogen-bond acceptors (Lipinski definition) is 7. The first-order chi connectivity index (χ1) is 18.3. The van der Waals surface area contributed by atoms with Crippen molar-refractivity contribution < 1.29 is 23.9 Å². The van der Waals surface area contributed by atoms with Crippen LogP contribution < -0.4 is 20.4 Å². The van der Waals surface area contributed by atoms with Gasteiger partial charge in [0.1, 0.15) is 6.54 Å². The maximum absolute atomic E-state index is 13.1. The van der Waals surface area contributed by atoms with E-state index in [1.807, 2.05) is 18.2 Å². The molecule has 3 rings (SSSR count). The molecule has 1 atom stereocenters. The Balaban J connectivity index is 1.66. The number of esters is 1. The number of ether oxygens (including phenoxy) is 1. The first-order valence-corrected chi connectivity index (χ1v) is 11.6. The third-order valence-corrected chi connectivity index (χ3v) is 5.57. The van der Waals surface area contributed by atoms with Gasteiger partial charge < -0.3 is 25.2 Å². The van der Waals surface area contributed by atoms with Gasteiger partial charge in [-0.05, 0) is 47.1 Å². The fraction of sp³-hybridized carbons (Fsp3) is 0.185. The van der Waals surface area contributed by atoms with Gasteiger partial charge in [0.25, 0.3) is 0 Å². The monoisotopic (exact) mass is 517 g/mol. The van der Waals surface area contributed by atoms with Crippen LogP contribution in [0.1, 0.15) is 11.6 Å². The Morgan fingerprint density at radius 3 is 2.11 bits per heavy atom. The summed E-state index contributed by atoms with van der Waals surface area (Å²) in [4.78, 5) is 64.1. The summed E-state index contributed by atoms with van der Waals surface area (Å²) in [6.45, 7) is -0.642. The lowest BCUT2D eigenvalue weighted by atomic mass is 10.1. The molecule has 0 aliphatic heterocycles. The number of anilines is 3. The molecular weight excluding hydrogens is 490 g/mol. The van der Waals surface area contributed by atoms with Gasteiger partial charge in [0.2, 0.25) is 17.9 Å². The Morgan fingerprint density at radius 1 is 0.868 bits per heavy atom. The molecule has 1 unspecified atom stereocenters. The number of nitrogens with zero attached hydrogens (tertiary/aromatic N) is 3. The van der Waals surface area contributed by atoms with Gasteiger partial charge >= 0.3 is 12.0 Å². The second-order valence-electron chi connectivity index (χ2n) is 8.07. The number of para-hydroxylation sites is 2. The van der Waals surface area contributed by atoms with Crippen molar-refractivity contribution in [2.75, 3.05) is 42.4 Å². The van der Waals surface area contributed by atoms with E-state index in [1.165, 1.54) is 28.0 Å². The second kappa shape index (κ2) is 13.3. The van der Waals surface area contributed by atoms with E-state index in [1.54, 1.807) is 55.6 Å². The van der Waals surface area contributed by atoms with Gasteiger partial charge in [-0.3, -0.25) is 9.59 Å². The van der Waals surface area contributed by atoms with Gasteiger partial charge in [0, 0.05) is 24.1 Å². The van der Waals surface area contributed by atoms with E-state index in [9.17, 15) is 24.1 Å². The molecule has 0 bridgehead atoms. The Kier molecular flexibility index (Phi) is 9.64. The number of rotatable bonds is 10. The van der Waals surface area contributed by atoms with Crippen LogP contribution in [0, 0.1) is 4.91 Å². The van der Waals surface area contributed by atoms with Crippen LogP contribution in [0.3, 0.4) is 0 Å². The Labute approximate surface area is 219 Å². The fourth-order valence-corrected chi connectivity index (χ4v) is 3.53. The van der Waals surface area contributed by atoms with Crippen molar-refractivity contribution in [1.29, 1.82) is 0 Å². The number of benzene rings is 3. The van der Waals surface area contributed by atoms with Gasteiger partial charge in [-0.15, -0.1) is 4.91 Å². The third kappa shape index (κ3) is 7.23. The molecule has 11 nitrogen and oxygen atoms in total. The Morgan fingerprint density at radius 2 is 1.50 bits per heavy atom.